The number of unbranched alkanes of at least 4 members (excludes halogenated alkanes) is 2. The molecule has 0 heterocycles. The van der Waals surface area contributed by atoms with Crippen molar-refractivity contribution in [2.24, 2.45) is 5.92 Å². The molecule has 2 N–H and O–H groups in total. The van der Waals surface area contributed by atoms with Crippen LogP contribution in [-0.4, -0.2) is 34.3 Å². The van der Waals surface area contributed by atoms with Gasteiger partial charge in [-0.2, -0.15) is 0 Å². The minimum Gasteiger partial charge on any atom is -0.462 e. The molecule has 0 amide bonds. The van der Waals surface area contributed by atoms with E-state index in [4.69, 9.17) is 16.3 Å². The number of rotatable bonds is 12. The molecule has 186 valence electrons. The lowest BCUT2D eigenvalue weighted by Crippen LogP contribution is -2.19. The van der Waals surface area contributed by atoms with E-state index in [9.17, 15) is 15.0 Å². The van der Waals surface area contributed by atoms with Gasteiger partial charge in [0.15, 0.2) is 0 Å². The maximum Gasteiger partial charge on any atom is 0.338 e. The van der Waals surface area contributed by atoms with Gasteiger partial charge in [-0.1, -0.05) is 62.6 Å². The van der Waals surface area contributed by atoms with E-state index >= 15 is 0 Å². The predicted octanol–water partition coefficient (Wildman–Crippen LogP) is 6.57. The Hall–Kier alpha value is -1.88. The van der Waals surface area contributed by atoms with Crippen LogP contribution < -0.4 is 0 Å². The fraction of sp³-hybridized carbons (Fsp3) is 0.552. The number of ether oxygens (including phenoxy) is 1. The first-order valence-corrected chi connectivity index (χ1v) is 13.2. The molecule has 5 heteroatoms. The number of esters is 1. The molecule has 0 radical (unpaired) electrons. The number of benzene rings is 2. The molecule has 1 fully saturated rings. The molecule has 1 aliphatic rings. The van der Waals surface area contributed by atoms with Gasteiger partial charge in [0.1, 0.15) is 0 Å². The van der Waals surface area contributed by atoms with E-state index in [1.165, 1.54) is 0 Å². The molecule has 34 heavy (non-hydrogen) atoms. The lowest BCUT2D eigenvalue weighted by Gasteiger charge is -2.24. The van der Waals surface area contributed by atoms with Gasteiger partial charge in [0.05, 0.1) is 24.4 Å². The zero-order chi connectivity index (χ0) is 24.5. The molecule has 1 aliphatic carbocycles. The maximum absolute atomic E-state index is 12.0. The quantitative estimate of drug-likeness (QED) is 0.202. The molecule has 0 aromatic heterocycles. The van der Waals surface area contributed by atoms with Gasteiger partial charge >= 0.3 is 5.97 Å². The highest BCUT2D eigenvalue weighted by molar-refractivity contribution is 6.21. The summed E-state index contributed by atoms with van der Waals surface area (Å²) in [5, 5.41) is 21.2. The van der Waals surface area contributed by atoms with Gasteiger partial charge in [-0.3, -0.25) is 0 Å². The van der Waals surface area contributed by atoms with Crippen LogP contribution in [0.15, 0.2) is 48.5 Å². The summed E-state index contributed by atoms with van der Waals surface area (Å²) in [5.74, 6) is -0.104. The van der Waals surface area contributed by atoms with Crippen molar-refractivity contribution in [2.45, 2.75) is 88.7 Å². The van der Waals surface area contributed by atoms with E-state index in [1.54, 1.807) is 13.0 Å². The third kappa shape index (κ3) is 7.07. The summed E-state index contributed by atoms with van der Waals surface area (Å²) in [6, 6.07) is 15.7. The Labute approximate surface area is 209 Å². The van der Waals surface area contributed by atoms with Crippen molar-refractivity contribution >= 4 is 17.6 Å². The molecule has 2 aromatic carbocycles. The molecular formula is C29H39ClO4. The monoisotopic (exact) mass is 486 g/mol. The van der Waals surface area contributed by atoms with Crippen molar-refractivity contribution in [1.29, 1.82) is 0 Å². The second kappa shape index (κ2) is 13.3. The zero-order valence-corrected chi connectivity index (χ0v) is 21.2. The van der Waals surface area contributed by atoms with Crippen LogP contribution in [-0.2, 0) is 11.2 Å². The highest BCUT2D eigenvalue weighted by Gasteiger charge is 2.41. The van der Waals surface area contributed by atoms with Crippen LogP contribution in [0.1, 0.15) is 97.9 Å². The average Bonchev–Trinajstić information content (AvgIpc) is 3.12. The fourth-order valence-electron chi connectivity index (χ4n) is 5.20. The number of alkyl halides is 1. The van der Waals surface area contributed by atoms with Gasteiger partial charge in [0.2, 0.25) is 0 Å². The van der Waals surface area contributed by atoms with Crippen molar-refractivity contribution < 1.29 is 19.7 Å². The molecule has 0 spiro atoms. The van der Waals surface area contributed by atoms with Gasteiger partial charge in [-0.05, 0) is 73.8 Å². The highest BCUT2D eigenvalue weighted by Crippen LogP contribution is 2.45. The molecule has 4 nitrogen and oxygen atoms in total. The number of aryl methyl sites for hydroxylation is 1. The Balaban J connectivity index is 1.61. The van der Waals surface area contributed by atoms with Crippen LogP contribution in [0.25, 0.3) is 0 Å². The first-order chi connectivity index (χ1) is 16.4. The van der Waals surface area contributed by atoms with E-state index in [0.717, 1.165) is 61.6 Å². The van der Waals surface area contributed by atoms with Crippen LogP contribution in [0.5, 0.6) is 0 Å². The van der Waals surface area contributed by atoms with Gasteiger partial charge in [-0.15, -0.1) is 11.6 Å². The molecule has 5 unspecified atom stereocenters. The van der Waals surface area contributed by atoms with E-state index < -0.39 is 12.2 Å². The smallest absolute Gasteiger partial charge is 0.338 e. The molecule has 2 aromatic rings. The van der Waals surface area contributed by atoms with Gasteiger partial charge in [0, 0.05) is 11.3 Å². The molecule has 1 saturated carbocycles. The molecule has 5 atom stereocenters. The largest absolute Gasteiger partial charge is 0.462 e. The molecule has 0 saturated heterocycles. The molecule has 3 rings (SSSR count). The van der Waals surface area contributed by atoms with Gasteiger partial charge < -0.3 is 14.9 Å². The van der Waals surface area contributed by atoms with Gasteiger partial charge in [0.25, 0.3) is 0 Å². The summed E-state index contributed by atoms with van der Waals surface area (Å²) in [5.41, 5.74) is 3.72. The fourth-order valence-corrected chi connectivity index (χ4v) is 5.66. The van der Waals surface area contributed by atoms with Crippen molar-refractivity contribution in [3.05, 3.63) is 70.8 Å². The minimum absolute atomic E-state index is 0.000324. The number of hydrogen-bond donors (Lipinski definition) is 2. The van der Waals surface area contributed by atoms with Crippen molar-refractivity contribution in [1.82, 2.24) is 0 Å². The third-order valence-corrected chi connectivity index (χ3v) is 7.54. The lowest BCUT2D eigenvalue weighted by atomic mass is 9.83. The van der Waals surface area contributed by atoms with Gasteiger partial charge in [-0.25, -0.2) is 4.79 Å². The summed E-state index contributed by atoms with van der Waals surface area (Å²) in [4.78, 5) is 12.0. The molecule has 0 bridgehead atoms. The topological polar surface area (TPSA) is 66.8 Å². The normalized spacial score (nSPS) is 23.1. The average molecular weight is 487 g/mol. The summed E-state index contributed by atoms with van der Waals surface area (Å²) < 4.78 is 5.11. The first kappa shape index (κ1) is 26.7. The van der Waals surface area contributed by atoms with E-state index in [2.05, 4.69) is 19.1 Å². The number of aliphatic hydroxyl groups is 2. The number of carbonyl (C=O) groups is 1. The Morgan fingerprint density at radius 3 is 2.59 bits per heavy atom. The summed E-state index contributed by atoms with van der Waals surface area (Å²) in [6.07, 6.45) is 6.46. The first-order valence-electron chi connectivity index (χ1n) is 12.8. The van der Waals surface area contributed by atoms with Crippen LogP contribution in [0, 0.1) is 5.92 Å². The SMILES string of the molecule is CCCCCC(O)c1ccc(C2C(O)CC(Cl)C2CCCc2cccc(C(=O)OCC)c2)cc1. The van der Waals surface area contributed by atoms with Crippen LogP contribution in [0.3, 0.4) is 0 Å². The predicted molar refractivity (Wildman–Crippen MR) is 137 cm³/mol. The Morgan fingerprint density at radius 1 is 1.12 bits per heavy atom. The Morgan fingerprint density at radius 2 is 1.88 bits per heavy atom. The molecular weight excluding hydrogens is 448 g/mol. The standard InChI is InChI=1S/C29H39ClO4/c1-3-5-6-13-26(31)21-14-16-22(17-15-21)28-24(25(30)19-27(28)32)12-8-10-20-9-7-11-23(18-20)29(33)34-4-2/h7,9,11,14-18,24-28,31-32H,3-6,8,10,12-13,19H2,1-2H3. The van der Waals surface area contributed by atoms with Crippen molar-refractivity contribution in [3.63, 3.8) is 0 Å². The van der Waals surface area contributed by atoms with Crippen LogP contribution >= 0.6 is 11.6 Å². The summed E-state index contributed by atoms with van der Waals surface area (Å²) in [6.45, 7) is 4.33. The number of aliphatic hydroxyl groups excluding tert-OH is 2. The summed E-state index contributed by atoms with van der Waals surface area (Å²) in [7, 11) is 0. The van der Waals surface area contributed by atoms with E-state index in [1.807, 2.05) is 30.3 Å². The third-order valence-electron chi connectivity index (χ3n) is 7.04. The van der Waals surface area contributed by atoms with Crippen molar-refractivity contribution in [2.75, 3.05) is 6.61 Å². The summed E-state index contributed by atoms with van der Waals surface area (Å²) >= 11 is 6.69. The lowest BCUT2D eigenvalue weighted by molar-refractivity contribution is 0.0526. The van der Waals surface area contributed by atoms with E-state index in [-0.39, 0.29) is 23.2 Å². The number of carbonyl (C=O) groups excluding carboxylic acids is 1. The Bertz CT molecular complexity index is 897. The minimum atomic E-state index is -0.458. The van der Waals surface area contributed by atoms with Crippen LogP contribution in [0.2, 0.25) is 0 Å². The van der Waals surface area contributed by atoms with Crippen molar-refractivity contribution in [3.8, 4) is 0 Å². The second-order valence-electron chi connectivity index (χ2n) is 9.50. The molecule has 0 aliphatic heterocycles. The number of halogens is 1. The second-order valence-corrected chi connectivity index (χ2v) is 10.1. The number of hydrogen-bond acceptors (Lipinski definition) is 4. The maximum atomic E-state index is 12.0. The Kier molecular flexibility index (Phi) is 10.4. The zero-order valence-electron chi connectivity index (χ0n) is 20.5. The van der Waals surface area contributed by atoms with Crippen LogP contribution in [0.4, 0.5) is 0 Å². The highest BCUT2D eigenvalue weighted by atomic mass is 35.5. The van der Waals surface area contributed by atoms with E-state index in [0.29, 0.717) is 18.6 Å².